The highest BCUT2D eigenvalue weighted by Crippen LogP contribution is 2.28. The number of hydrogen-bond acceptors (Lipinski definition) is 8. The quantitative estimate of drug-likeness (QED) is 0.322. The van der Waals surface area contributed by atoms with Gasteiger partial charge < -0.3 is 15.0 Å². The molecule has 3 aromatic rings. The van der Waals surface area contributed by atoms with E-state index in [1.807, 2.05) is 41.3 Å². The molecule has 1 aliphatic heterocycles. The number of amides is 1. The van der Waals surface area contributed by atoms with Gasteiger partial charge in [0.1, 0.15) is 6.04 Å². The third-order valence-corrected chi connectivity index (χ3v) is 9.89. The first kappa shape index (κ1) is 30.7. The van der Waals surface area contributed by atoms with Crippen molar-refractivity contribution < 1.29 is 22.7 Å². The molecule has 9 nitrogen and oxygen atoms in total. The van der Waals surface area contributed by atoms with Crippen molar-refractivity contribution in [1.29, 1.82) is 0 Å². The van der Waals surface area contributed by atoms with Crippen LogP contribution in [0.1, 0.15) is 67.2 Å². The number of anilines is 1. The number of rotatable bonds is 11. The van der Waals surface area contributed by atoms with Crippen molar-refractivity contribution in [2.45, 2.75) is 63.9 Å². The highest BCUT2D eigenvalue weighted by molar-refractivity contribution is 7.89. The number of piperazine rings is 1. The number of carbonyl (C=O) groups excluding carboxylic acids is 2. The zero-order chi connectivity index (χ0) is 29.6. The smallest absolute Gasteiger partial charge is 0.357 e. The summed E-state index contributed by atoms with van der Waals surface area (Å²) in [6, 6.07) is 13.9. The molecule has 0 aliphatic carbocycles. The second-order valence-electron chi connectivity index (χ2n) is 10.3. The molecule has 2 aromatic carbocycles. The fourth-order valence-electron chi connectivity index (χ4n) is 4.73. The first-order valence-corrected chi connectivity index (χ1v) is 16.3. The Labute approximate surface area is 246 Å². The maximum absolute atomic E-state index is 13.8. The number of aromatic nitrogens is 1. The van der Waals surface area contributed by atoms with Crippen molar-refractivity contribution in [3.63, 3.8) is 0 Å². The van der Waals surface area contributed by atoms with Crippen LogP contribution in [0, 0.1) is 0 Å². The highest BCUT2D eigenvalue weighted by Gasteiger charge is 2.41. The fourth-order valence-corrected chi connectivity index (χ4v) is 7.13. The second kappa shape index (κ2) is 13.6. The number of nitrogens with zero attached hydrogens (tertiary/aromatic N) is 3. The summed E-state index contributed by atoms with van der Waals surface area (Å²) in [5, 5.41) is 5.10. The normalized spacial score (nSPS) is 16.1. The van der Waals surface area contributed by atoms with Crippen LogP contribution in [0.2, 0.25) is 0 Å². The molecule has 1 amide bonds. The molecule has 4 rings (SSSR count). The Bertz CT molecular complexity index is 1440. The van der Waals surface area contributed by atoms with E-state index in [1.54, 1.807) is 24.4 Å². The van der Waals surface area contributed by atoms with Gasteiger partial charge in [0.05, 0.1) is 11.5 Å². The Morgan fingerprint density at radius 2 is 1.73 bits per heavy atom. The average molecular weight is 599 g/mol. The summed E-state index contributed by atoms with van der Waals surface area (Å²) in [5.74, 6) is -0.506. The Morgan fingerprint density at radius 3 is 2.37 bits per heavy atom. The van der Waals surface area contributed by atoms with Crippen LogP contribution in [-0.4, -0.2) is 61.9 Å². The van der Waals surface area contributed by atoms with Gasteiger partial charge in [0.15, 0.2) is 10.8 Å². The molecule has 41 heavy (non-hydrogen) atoms. The summed E-state index contributed by atoms with van der Waals surface area (Å²) < 4.78 is 34.0. The third kappa shape index (κ3) is 7.33. The fraction of sp³-hybridized carbons (Fsp3) is 0.433. The summed E-state index contributed by atoms with van der Waals surface area (Å²) in [4.78, 5) is 32.2. The van der Waals surface area contributed by atoms with Crippen LogP contribution in [0.15, 0.2) is 58.8 Å². The molecule has 0 saturated carbocycles. The molecule has 1 saturated heterocycles. The standard InChI is InChI=1S/C30H38N4O5S2/c1-5-7-22-10-14-25(15-11-22)41(37,38)34-17-16-33(30-32-26(20-40-30)29(36)39-6-2)19-27(34)28(35)31-18-23-8-12-24(13-9-23)21(3)4/h8-15,20-21,27H,5-7,16-19H2,1-4H3,(H,31,35). The number of carbonyl (C=O) groups is 2. The summed E-state index contributed by atoms with van der Waals surface area (Å²) >= 11 is 1.26. The van der Waals surface area contributed by atoms with Crippen molar-refractivity contribution in [3.05, 3.63) is 76.3 Å². The van der Waals surface area contributed by atoms with E-state index in [4.69, 9.17) is 4.74 Å². The number of ether oxygens (including phenoxy) is 1. The van der Waals surface area contributed by atoms with Crippen molar-refractivity contribution in [3.8, 4) is 0 Å². The molecule has 0 radical (unpaired) electrons. The molecule has 1 atom stereocenters. The topological polar surface area (TPSA) is 109 Å². The molecule has 1 aromatic heterocycles. The number of thiazole rings is 1. The maximum Gasteiger partial charge on any atom is 0.357 e. The number of nitrogens with one attached hydrogen (secondary N) is 1. The zero-order valence-corrected chi connectivity index (χ0v) is 25.6. The minimum atomic E-state index is -3.95. The maximum atomic E-state index is 13.8. The number of esters is 1. The molecular weight excluding hydrogens is 560 g/mol. The molecule has 1 unspecified atom stereocenters. The lowest BCUT2D eigenvalue weighted by Crippen LogP contribution is -2.60. The Balaban J connectivity index is 1.57. The number of aryl methyl sites for hydroxylation is 1. The van der Waals surface area contributed by atoms with Crippen molar-refractivity contribution in [1.82, 2.24) is 14.6 Å². The minimum absolute atomic E-state index is 0.0918. The molecule has 0 spiro atoms. The van der Waals surface area contributed by atoms with Crippen LogP contribution in [0.4, 0.5) is 5.13 Å². The van der Waals surface area contributed by atoms with E-state index >= 15 is 0 Å². The Kier molecular flexibility index (Phi) is 10.2. The molecule has 0 bridgehead atoms. The van der Waals surface area contributed by atoms with E-state index in [2.05, 4.69) is 31.1 Å². The molecule has 1 N–H and O–H groups in total. The van der Waals surface area contributed by atoms with Crippen LogP contribution >= 0.6 is 11.3 Å². The molecule has 1 aliphatic rings. The van der Waals surface area contributed by atoms with Gasteiger partial charge in [-0.05, 0) is 48.1 Å². The van der Waals surface area contributed by atoms with Gasteiger partial charge in [0.2, 0.25) is 15.9 Å². The van der Waals surface area contributed by atoms with Gasteiger partial charge >= 0.3 is 5.97 Å². The molecular formula is C30H38N4O5S2. The van der Waals surface area contributed by atoms with E-state index in [9.17, 15) is 18.0 Å². The van der Waals surface area contributed by atoms with Crippen LogP contribution in [0.3, 0.4) is 0 Å². The van der Waals surface area contributed by atoms with E-state index in [0.29, 0.717) is 17.6 Å². The van der Waals surface area contributed by atoms with E-state index in [1.165, 1.54) is 21.2 Å². The zero-order valence-electron chi connectivity index (χ0n) is 24.0. The molecule has 220 valence electrons. The third-order valence-electron chi connectivity index (χ3n) is 7.06. The van der Waals surface area contributed by atoms with Crippen molar-refractivity contribution >= 4 is 38.4 Å². The van der Waals surface area contributed by atoms with Crippen LogP contribution < -0.4 is 10.2 Å². The number of hydrogen-bond donors (Lipinski definition) is 1. The minimum Gasteiger partial charge on any atom is -0.461 e. The van der Waals surface area contributed by atoms with Gasteiger partial charge in [0, 0.05) is 31.6 Å². The highest BCUT2D eigenvalue weighted by atomic mass is 32.2. The second-order valence-corrected chi connectivity index (χ2v) is 13.0. The van der Waals surface area contributed by atoms with E-state index in [-0.39, 0.29) is 36.8 Å². The van der Waals surface area contributed by atoms with Crippen molar-refractivity contribution in [2.75, 3.05) is 31.1 Å². The number of sulfonamides is 1. The van der Waals surface area contributed by atoms with Gasteiger partial charge in [-0.25, -0.2) is 18.2 Å². The van der Waals surface area contributed by atoms with Crippen molar-refractivity contribution in [2.24, 2.45) is 0 Å². The van der Waals surface area contributed by atoms with E-state index in [0.717, 1.165) is 24.0 Å². The summed E-state index contributed by atoms with van der Waals surface area (Å²) in [6.45, 7) is 9.07. The number of benzene rings is 2. The molecule has 1 fully saturated rings. The lowest BCUT2D eigenvalue weighted by molar-refractivity contribution is -0.125. The molecule has 2 heterocycles. The Morgan fingerprint density at radius 1 is 1.05 bits per heavy atom. The average Bonchev–Trinajstić information content (AvgIpc) is 3.47. The first-order chi connectivity index (χ1) is 19.6. The lowest BCUT2D eigenvalue weighted by atomic mass is 10.0. The monoisotopic (exact) mass is 598 g/mol. The van der Waals surface area contributed by atoms with Crippen LogP contribution in [0.5, 0.6) is 0 Å². The van der Waals surface area contributed by atoms with Gasteiger partial charge in [-0.15, -0.1) is 11.3 Å². The summed E-state index contributed by atoms with van der Waals surface area (Å²) in [6.07, 6.45) is 1.83. The van der Waals surface area contributed by atoms with Gasteiger partial charge in [-0.2, -0.15) is 4.31 Å². The molecule has 11 heteroatoms. The largest absolute Gasteiger partial charge is 0.461 e. The SMILES string of the molecule is CCCc1ccc(S(=O)(=O)N2CCN(c3nc(C(=O)OCC)cs3)CC2C(=O)NCc2ccc(C(C)C)cc2)cc1. The predicted octanol–water partition coefficient (Wildman–Crippen LogP) is 4.59. The summed E-state index contributed by atoms with van der Waals surface area (Å²) in [7, 11) is -3.95. The lowest BCUT2D eigenvalue weighted by Gasteiger charge is -2.39. The predicted molar refractivity (Wildman–Crippen MR) is 161 cm³/mol. The first-order valence-electron chi connectivity index (χ1n) is 14.0. The Hall–Kier alpha value is -3.28. The summed E-state index contributed by atoms with van der Waals surface area (Å²) in [5.41, 5.74) is 3.39. The van der Waals surface area contributed by atoms with Gasteiger partial charge in [-0.3, -0.25) is 4.79 Å². The van der Waals surface area contributed by atoms with Crippen LogP contribution in [0.25, 0.3) is 0 Å². The van der Waals surface area contributed by atoms with Gasteiger partial charge in [-0.1, -0.05) is 63.6 Å². The van der Waals surface area contributed by atoms with Gasteiger partial charge in [0.25, 0.3) is 0 Å². The van der Waals surface area contributed by atoms with Crippen LogP contribution in [-0.2, 0) is 32.5 Å². The van der Waals surface area contributed by atoms with E-state index < -0.39 is 27.9 Å².